The molecule has 1 aliphatic carbocycles. The highest BCUT2D eigenvalue weighted by Gasteiger charge is 2.26. The van der Waals surface area contributed by atoms with Gasteiger partial charge in [0.25, 0.3) is 5.91 Å². The minimum Gasteiger partial charge on any atom is -0.393 e. The second-order valence-corrected chi connectivity index (χ2v) is 7.41. The predicted molar refractivity (Wildman–Crippen MR) is 113 cm³/mol. The molecule has 1 aliphatic rings. The number of rotatable bonds is 5. The maximum absolute atomic E-state index is 14.7. The van der Waals surface area contributed by atoms with E-state index in [-0.39, 0.29) is 28.9 Å². The van der Waals surface area contributed by atoms with Crippen LogP contribution in [0.15, 0.2) is 67.2 Å². The molecular formula is C23H23FN4O2. The van der Waals surface area contributed by atoms with Crippen LogP contribution in [-0.4, -0.2) is 38.2 Å². The summed E-state index contributed by atoms with van der Waals surface area (Å²) in [7, 11) is 0. The number of nitrogens with one attached hydrogen (secondary N) is 1. The van der Waals surface area contributed by atoms with Crippen LogP contribution in [0.3, 0.4) is 0 Å². The topological polar surface area (TPSA) is 80.0 Å². The van der Waals surface area contributed by atoms with E-state index in [1.54, 1.807) is 47.4 Å². The molecular weight excluding hydrogens is 383 g/mol. The molecule has 1 saturated carbocycles. The monoisotopic (exact) mass is 406 g/mol. The van der Waals surface area contributed by atoms with E-state index in [4.69, 9.17) is 0 Å². The normalized spacial score (nSPS) is 20.4. The van der Waals surface area contributed by atoms with Crippen molar-refractivity contribution in [3.63, 3.8) is 0 Å². The number of fused-ring (bicyclic) bond motifs is 1. The largest absolute Gasteiger partial charge is 0.393 e. The summed E-state index contributed by atoms with van der Waals surface area (Å²) in [4.78, 5) is 21.4. The Bertz CT molecular complexity index is 1110. The summed E-state index contributed by atoms with van der Waals surface area (Å²) in [6.07, 6.45) is 10.1. The predicted octanol–water partition coefficient (Wildman–Crippen LogP) is 3.56. The van der Waals surface area contributed by atoms with E-state index in [1.807, 2.05) is 6.08 Å². The molecule has 2 unspecified atom stereocenters. The van der Waals surface area contributed by atoms with E-state index in [1.165, 1.54) is 6.07 Å². The Kier molecular flexibility index (Phi) is 5.72. The lowest BCUT2D eigenvalue weighted by Crippen LogP contribution is -2.34. The van der Waals surface area contributed by atoms with Crippen molar-refractivity contribution in [2.75, 3.05) is 6.54 Å². The number of carbonyl (C=O) groups excluding carboxylic acids is 1. The number of hydrogen-bond donors (Lipinski definition) is 2. The van der Waals surface area contributed by atoms with Crippen LogP contribution in [0.4, 0.5) is 4.39 Å². The summed E-state index contributed by atoms with van der Waals surface area (Å²) in [5, 5.41) is 13.2. The van der Waals surface area contributed by atoms with Crippen LogP contribution in [0, 0.1) is 11.7 Å². The quantitative estimate of drug-likeness (QED) is 0.679. The third-order valence-electron chi connectivity index (χ3n) is 5.48. The summed E-state index contributed by atoms with van der Waals surface area (Å²) in [6, 6.07) is 6.34. The van der Waals surface area contributed by atoms with Gasteiger partial charge in [0.05, 0.1) is 17.2 Å². The van der Waals surface area contributed by atoms with Gasteiger partial charge in [0, 0.05) is 30.5 Å². The molecule has 1 fully saturated rings. The second-order valence-electron chi connectivity index (χ2n) is 7.41. The molecule has 4 rings (SSSR count). The van der Waals surface area contributed by atoms with E-state index in [2.05, 4.69) is 21.9 Å². The fraction of sp³-hybridized carbons (Fsp3) is 0.261. The van der Waals surface area contributed by atoms with Gasteiger partial charge >= 0.3 is 0 Å². The van der Waals surface area contributed by atoms with Gasteiger partial charge in [-0.05, 0) is 43.4 Å². The first kappa shape index (κ1) is 20.0. The number of hydrogen-bond acceptors (Lipinski definition) is 4. The number of carbonyl (C=O) groups is 1. The Labute approximate surface area is 173 Å². The van der Waals surface area contributed by atoms with Crippen LogP contribution >= 0.6 is 0 Å². The highest BCUT2D eigenvalue weighted by molar-refractivity contribution is 6.07. The zero-order chi connectivity index (χ0) is 21.1. The molecule has 2 atom stereocenters. The van der Waals surface area contributed by atoms with Crippen LogP contribution in [-0.2, 0) is 0 Å². The van der Waals surface area contributed by atoms with Gasteiger partial charge in [0.15, 0.2) is 0 Å². The molecule has 1 aromatic carbocycles. The third-order valence-corrected chi connectivity index (χ3v) is 5.48. The summed E-state index contributed by atoms with van der Waals surface area (Å²) in [5.74, 6) is -0.476. The maximum atomic E-state index is 14.7. The number of aromatic nitrogens is 3. The van der Waals surface area contributed by atoms with E-state index in [9.17, 15) is 14.3 Å². The second kappa shape index (κ2) is 8.59. The van der Waals surface area contributed by atoms with E-state index in [0.29, 0.717) is 30.9 Å². The average molecular weight is 406 g/mol. The molecule has 154 valence electrons. The van der Waals surface area contributed by atoms with Crippen LogP contribution < -0.4 is 5.32 Å². The fourth-order valence-electron chi connectivity index (χ4n) is 4.03. The Morgan fingerprint density at radius 3 is 2.90 bits per heavy atom. The van der Waals surface area contributed by atoms with Gasteiger partial charge in [-0.3, -0.25) is 9.36 Å². The van der Waals surface area contributed by atoms with Gasteiger partial charge < -0.3 is 10.4 Å². The number of halogens is 1. The minimum absolute atomic E-state index is 0.0198. The van der Waals surface area contributed by atoms with Gasteiger partial charge in [0.1, 0.15) is 5.82 Å². The number of aliphatic hydroxyl groups is 1. The molecule has 30 heavy (non-hydrogen) atoms. The van der Waals surface area contributed by atoms with E-state index < -0.39 is 5.82 Å². The average Bonchev–Trinajstić information content (AvgIpc) is 3.15. The minimum atomic E-state index is -0.479. The molecule has 6 nitrogen and oxygen atoms in total. The lowest BCUT2D eigenvalue weighted by Gasteiger charge is -2.29. The molecule has 3 aromatic rings. The highest BCUT2D eigenvalue weighted by atomic mass is 19.1. The van der Waals surface area contributed by atoms with Gasteiger partial charge in [0.2, 0.25) is 5.95 Å². The summed E-state index contributed by atoms with van der Waals surface area (Å²) in [5.41, 5.74) is 1.90. The Balaban J connectivity index is 1.64. The van der Waals surface area contributed by atoms with Gasteiger partial charge in [-0.15, -0.1) is 0 Å². The zero-order valence-corrected chi connectivity index (χ0v) is 16.5. The molecule has 2 heterocycles. The van der Waals surface area contributed by atoms with Gasteiger partial charge in [-0.2, -0.15) is 0 Å². The summed E-state index contributed by atoms with van der Waals surface area (Å²) >= 11 is 0. The molecule has 2 N–H and O–H groups in total. The van der Waals surface area contributed by atoms with Crippen LogP contribution in [0.5, 0.6) is 0 Å². The van der Waals surface area contributed by atoms with E-state index >= 15 is 0 Å². The van der Waals surface area contributed by atoms with Crippen LogP contribution in [0.2, 0.25) is 0 Å². The summed E-state index contributed by atoms with van der Waals surface area (Å²) < 4.78 is 16.3. The number of allylic oxidation sites excluding steroid dienone is 2. The van der Waals surface area contributed by atoms with Crippen molar-refractivity contribution in [3.05, 3.63) is 78.5 Å². The molecule has 2 aromatic heterocycles. The van der Waals surface area contributed by atoms with Crippen molar-refractivity contribution in [2.45, 2.75) is 25.4 Å². The zero-order valence-electron chi connectivity index (χ0n) is 16.5. The molecule has 0 bridgehead atoms. The number of benzene rings is 1. The third kappa shape index (κ3) is 3.89. The molecule has 1 amide bonds. The van der Waals surface area contributed by atoms with Crippen molar-refractivity contribution in [1.29, 1.82) is 0 Å². The maximum Gasteiger partial charge on any atom is 0.253 e. The van der Waals surface area contributed by atoms with Crippen LogP contribution in [0.1, 0.15) is 29.6 Å². The van der Waals surface area contributed by atoms with Crippen molar-refractivity contribution >= 4 is 16.8 Å². The first-order valence-electron chi connectivity index (χ1n) is 9.93. The lowest BCUT2D eigenvalue weighted by atomic mass is 9.82. The lowest BCUT2D eigenvalue weighted by molar-refractivity contribution is 0.0925. The van der Waals surface area contributed by atoms with Gasteiger partial charge in [-0.1, -0.05) is 30.4 Å². The standard InChI is InChI=1S/C23H23FN4O2/c1-2-5-15-8-9-17(29)12-16(15)13-27-22(30)18-14-28(23-25-10-4-11-26-23)20-7-3-6-19(24)21(18)20/h2-7,10-11,14,16-17,29H,1,8-9,12-13H2,(H,27,30). The van der Waals surface area contributed by atoms with Crippen molar-refractivity contribution in [2.24, 2.45) is 5.92 Å². The summed E-state index contributed by atoms with van der Waals surface area (Å²) in [6.45, 7) is 4.10. The smallest absolute Gasteiger partial charge is 0.253 e. The SMILES string of the molecule is C=CC=C1CCC(O)CC1CNC(=O)c1cn(-c2ncccn2)c2cccc(F)c12. The Morgan fingerprint density at radius 1 is 1.33 bits per heavy atom. The highest BCUT2D eigenvalue weighted by Crippen LogP contribution is 2.30. The van der Waals surface area contributed by atoms with Gasteiger partial charge in [-0.25, -0.2) is 14.4 Å². The molecule has 0 saturated heterocycles. The number of aliphatic hydroxyl groups excluding tert-OH is 1. The number of nitrogens with zero attached hydrogens (tertiary/aromatic N) is 3. The van der Waals surface area contributed by atoms with Crippen LogP contribution in [0.25, 0.3) is 16.9 Å². The Hall–Kier alpha value is -3.32. The molecule has 0 spiro atoms. The molecule has 0 radical (unpaired) electrons. The first-order chi connectivity index (χ1) is 14.6. The van der Waals surface area contributed by atoms with Crippen molar-refractivity contribution in [1.82, 2.24) is 19.9 Å². The number of amides is 1. The molecule has 0 aliphatic heterocycles. The van der Waals surface area contributed by atoms with E-state index in [0.717, 1.165) is 12.0 Å². The first-order valence-corrected chi connectivity index (χ1v) is 9.93. The van der Waals surface area contributed by atoms with Crippen molar-refractivity contribution < 1.29 is 14.3 Å². The Morgan fingerprint density at radius 2 is 2.13 bits per heavy atom. The fourth-order valence-corrected chi connectivity index (χ4v) is 4.03. The molecule has 7 heteroatoms. The van der Waals surface area contributed by atoms with Crippen molar-refractivity contribution in [3.8, 4) is 5.95 Å².